The number of hydrogen-bond acceptors (Lipinski definition) is 3. The summed E-state index contributed by atoms with van der Waals surface area (Å²) in [6.07, 6.45) is 1.97. The molecule has 1 aliphatic heterocycles. The van der Waals surface area contributed by atoms with E-state index in [1.54, 1.807) is 0 Å². The molecule has 0 atom stereocenters. The molecule has 3 rings (SSSR count). The minimum atomic E-state index is 0.797. The van der Waals surface area contributed by atoms with Crippen LogP contribution in [0, 0.1) is 6.92 Å². The number of ether oxygens (including phenoxy) is 1. The van der Waals surface area contributed by atoms with Gasteiger partial charge in [-0.2, -0.15) is 5.10 Å². The second-order valence-electron chi connectivity index (χ2n) is 4.95. The van der Waals surface area contributed by atoms with Gasteiger partial charge in [-0.05, 0) is 43.3 Å². The van der Waals surface area contributed by atoms with Crippen molar-refractivity contribution < 1.29 is 4.74 Å². The first-order valence-corrected chi connectivity index (χ1v) is 6.74. The average molecular weight is 257 g/mol. The number of nitrogens with one attached hydrogen (secondary N) is 2. The quantitative estimate of drug-likeness (QED) is 0.881. The number of fused-ring (bicyclic) bond motifs is 1. The normalized spacial score (nSPS) is 13.4. The van der Waals surface area contributed by atoms with Crippen molar-refractivity contribution in [1.29, 1.82) is 0 Å². The molecule has 0 radical (unpaired) electrons. The van der Waals surface area contributed by atoms with Gasteiger partial charge in [0.1, 0.15) is 5.75 Å². The summed E-state index contributed by atoms with van der Waals surface area (Å²) in [6.45, 7) is 3.89. The molecule has 0 bridgehead atoms. The number of benzene rings is 1. The van der Waals surface area contributed by atoms with E-state index >= 15 is 0 Å². The third kappa shape index (κ3) is 2.24. The van der Waals surface area contributed by atoms with Gasteiger partial charge in [-0.1, -0.05) is 0 Å². The maximum Gasteiger partial charge on any atom is 0.122 e. The van der Waals surface area contributed by atoms with Crippen LogP contribution in [-0.4, -0.2) is 30.4 Å². The summed E-state index contributed by atoms with van der Waals surface area (Å²) in [5.41, 5.74) is 5.97. The SMILES string of the molecule is CNCCc1[nH]nc(-c2ccc3c(c2)CCO3)c1C. The minimum absolute atomic E-state index is 0.797. The third-order valence-corrected chi connectivity index (χ3v) is 3.70. The monoisotopic (exact) mass is 257 g/mol. The Morgan fingerprint density at radius 2 is 2.32 bits per heavy atom. The molecule has 2 N–H and O–H groups in total. The zero-order valence-electron chi connectivity index (χ0n) is 11.4. The van der Waals surface area contributed by atoms with E-state index in [0.29, 0.717) is 0 Å². The van der Waals surface area contributed by atoms with Crippen LogP contribution in [0.5, 0.6) is 5.75 Å². The molecule has 2 aromatic rings. The lowest BCUT2D eigenvalue weighted by Crippen LogP contribution is -2.11. The van der Waals surface area contributed by atoms with Crippen molar-refractivity contribution in [2.45, 2.75) is 19.8 Å². The Hall–Kier alpha value is -1.81. The van der Waals surface area contributed by atoms with Crippen LogP contribution >= 0.6 is 0 Å². The molecule has 0 fully saturated rings. The van der Waals surface area contributed by atoms with Crippen molar-refractivity contribution in [3.63, 3.8) is 0 Å². The zero-order chi connectivity index (χ0) is 13.2. The molecule has 0 spiro atoms. The fraction of sp³-hybridized carbons (Fsp3) is 0.400. The summed E-state index contributed by atoms with van der Waals surface area (Å²) in [6, 6.07) is 6.35. The van der Waals surface area contributed by atoms with Crippen molar-refractivity contribution in [2.24, 2.45) is 0 Å². The van der Waals surface area contributed by atoms with E-state index in [2.05, 4.69) is 40.6 Å². The molecule has 100 valence electrons. The lowest BCUT2D eigenvalue weighted by Gasteiger charge is -2.03. The molecule has 4 nitrogen and oxygen atoms in total. The minimum Gasteiger partial charge on any atom is -0.493 e. The number of H-pyrrole nitrogens is 1. The van der Waals surface area contributed by atoms with Crippen LogP contribution in [0.25, 0.3) is 11.3 Å². The predicted octanol–water partition coefficient (Wildman–Crippen LogP) is 2.08. The van der Waals surface area contributed by atoms with Crippen LogP contribution in [-0.2, 0) is 12.8 Å². The van der Waals surface area contributed by atoms with E-state index in [1.165, 1.54) is 22.4 Å². The third-order valence-electron chi connectivity index (χ3n) is 3.70. The van der Waals surface area contributed by atoms with Gasteiger partial charge in [0.2, 0.25) is 0 Å². The fourth-order valence-corrected chi connectivity index (χ4v) is 2.54. The highest BCUT2D eigenvalue weighted by Gasteiger charge is 2.15. The largest absolute Gasteiger partial charge is 0.493 e. The number of aromatic nitrogens is 2. The van der Waals surface area contributed by atoms with Gasteiger partial charge < -0.3 is 10.1 Å². The zero-order valence-corrected chi connectivity index (χ0v) is 11.4. The Kier molecular flexibility index (Phi) is 3.25. The molecule has 0 unspecified atom stereocenters. The van der Waals surface area contributed by atoms with Crippen molar-refractivity contribution in [3.05, 3.63) is 35.0 Å². The number of rotatable bonds is 4. The highest BCUT2D eigenvalue weighted by Crippen LogP contribution is 2.31. The van der Waals surface area contributed by atoms with Gasteiger partial charge in [0, 0.05) is 30.6 Å². The molecule has 4 heteroatoms. The van der Waals surface area contributed by atoms with Gasteiger partial charge in [-0.25, -0.2) is 0 Å². The Morgan fingerprint density at radius 1 is 1.42 bits per heavy atom. The van der Waals surface area contributed by atoms with Crippen LogP contribution in [0.1, 0.15) is 16.8 Å². The summed E-state index contributed by atoms with van der Waals surface area (Å²) in [5, 5.41) is 10.8. The topological polar surface area (TPSA) is 49.9 Å². The van der Waals surface area contributed by atoms with Gasteiger partial charge in [-0.3, -0.25) is 5.10 Å². The molecule has 1 aromatic heterocycles. The van der Waals surface area contributed by atoms with Gasteiger partial charge in [0.25, 0.3) is 0 Å². The summed E-state index contributed by atoms with van der Waals surface area (Å²) >= 11 is 0. The highest BCUT2D eigenvalue weighted by atomic mass is 16.5. The molecular formula is C15H19N3O. The molecule has 1 aliphatic rings. The first-order valence-electron chi connectivity index (χ1n) is 6.74. The fourth-order valence-electron chi connectivity index (χ4n) is 2.54. The summed E-state index contributed by atoms with van der Waals surface area (Å²) in [5.74, 6) is 1.02. The van der Waals surface area contributed by atoms with E-state index in [4.69, 9.17) is 4.74 Å². The van der Waals surface area contributed by atoms with Gasteiger partial charge >= 0.3 is 0 Å². The van der Waals surface area contributed by atoms with E-state index < -0.39 is 0 Å². The Bertz CT molecular complexity index is 589. The Morgan fingerprint density at radius 3 is 3.16 bits per heavy atom. The van der Waals surface area contributed by atoms with Gasteiger partial charge in [-0.15, -0.1) is 0 Å². The van der Waals surface area contributed by atoms with E-state index in [-0.39, 0.29) is 0 Å². The summed E-state index contributed by atoms with van der Waals surface area (Å²) in [7, 11) is 1.97. The van der Waals surface area contributed by atoms with E-state index in [1.807, 2.05) is 7.05 Å². The molecule has 0 saturated heterocycles. The van der Waals surface area contributed by atoms with Crippen LogP contribution in [0.2, 0.25) is 0 Å². The molecule has 2 heterocycles. The lowest BCUT2D eigenvalue weighted by molar-refractivity contribution is 0.357. The van der Waals surface area contributed by atoms with Gasteiger partial charge in [0.05, 0.1) is 12.3 Å². The standard InChI is InChI=1S/C15H19N3O/c1-10-13(5-7-16-2)17-18-15(10)12-3-4-14-11(9-12)6-8-19-14/h3-4,9,16H,5-8H2,1-2H3,(H,17,18). The Labute approximate surface area is 113 Å². The summed E-state index contributed by atoms with van der Waals surface area (Å²) in [4.78, 5) is 0. The van der Waals surface area contributed by atoms with Crippen LogP contribution < -0.4 is 10.1 Å². The lowest BCUT2D eigenvalue weighted by atomic mass is 10.0. The van der Waals surface area contributed by atoms with Crippen LogP contribution in [0.15, 0.2) is 18.2 Å². The first kappa shape index (κ1) is 12.2. The molecular weight excluding hydrogens is 238 g/mol. The Balaban J connectivity index is 1.92. The second kappa shape index (κ2) is 5.05. The summed E-state index contributed by atoms with van der Waals surface area (Å²) < 4.78 is 5.54. The number of aromatic amines is 1. The number of hydrogen-bond donors (Lipinski definition) is 2. The second-order valence-corrected chi connectivity index (χ2v) is 4.95. The highest BCUT2D eigenvalue weighted by molar-refractivity contribution is 5.66. The predicted molar refractivity (Wildman–Crippen MR) is 75.6 cm³/mol. The maximum atomic E-state index is 5.54. The van der Waals surface area contributed by atoms with Gasteiger partial charge in [0.15, 0.2) is 0 Å². The maximum absolute atomic E-state index is 5.54. The van der Waals surface area contributed by atoms with Crippen LogP contribution in [0.4, 0.5) is 0 Å². The van der Waals surface area contributed by atoms with E-state index in [0.717, 1.165) is 37.4 Å². The van der Waals surface area contributed by atoms with Crippen molar-refractivity contribution in [2.75, 3.05) is 20.2 Å². The van der Waals surface area contributed by atoms with Crippen molar-refractivity contribution in [1.82, 2.24) is 15.5 Å². The molecule has 19 heavy (non-hydrogen) atoms. The molecule has 0 amide bonds. The number of nitrogens with zero attached hydrogens (tertiary/aromatic N) is 1. The van der Waals surface area contributed by atoms with E-state index in [9.17, 15) is 0 Å². The average Bonchev–Trinajstić information content (AvgIpc) is 3.02. The van der Waals surface area contributed by atoms with Crippen LogP contribution in [0.3, 0.4) is 0 Å². The molecule has 0 saturated carbocycles. The van der Waals surface area contributed by atoms with Crippen molar-refractivity contribution >= 4 is 0 Å². The first-order chi connectivity index (χ1) is 9.29. The molecule has 1 aromatic carbocycles. The smallest absolute Gasteiger partial charge is 0.122 e. The number of likely N-dealkylation sites (N-methyl/N-ethyl adjacent to an activating group) is 1. The molecule has 0 aliphatic carbocycles. The van der Waals surface area contributed by atoms with Crippen molar-refractivity contribution in [3.8, 4) is 17.0 Å².